The van der Waals surface area contributed by atoms with Gasteiger partial charge >= 0.3 is 12.1 Å². The first kappa shape index (κ1) is 22.3. The normalized spacial score (nSPS) is 11.6. The van der Waals surface area contributed by atoms with E-state index in [2.05, 4.69) is 4.98 Å². The summed E-state index contributed by atoms with van der Waals surface area (Å²) in [6, 6.07) is 8.33. The average Bonchev–Trinajstić information content (AvgIpc) is 3.01. The largest absolute Gasteiger partial charge is 0.426 e. The van der Waals surface area contributed by atoms with Crippen LogP contribution in [0.25, 0.3) is 10.6 Å². The summed E-state index contributed by atoms with van der Waals surface area (Å²) in [6.07, 6.45) is -4.73. The first-order valence-corrected chi connectivity index (χ1v) is 10.6. The molecule has 0 N–H and O–H groups in total. The first-order valence-electron chi connectivity index (χ1n) is 8.80. The molecule has 1 heterocycles. The monoisotopic (exact) mass is 455 g/mol. The van der Waals surface area contributed by atoms with Gasteiger partial charge in [-0.1, -0.05) is 6.07 Å². The third kappa shape index (κ3) is 5.20. The zero-order valence-corrected chi connectivity index (χ0v) is 17.9. The Morgan fingerprint density at radius 3 is 2.50 bits per heavy atom. The Hall–Kier alpha value is -2.39. The number of alkyl halides is 3. The molecule has 0 aliphatic carbocycles. The van der Waals surface area contributed by atoms with Crippen LogP contribution in [0.1, 0.15) is 28.6 Å². The van der Waals surface area contributed by atoms with Crippen molar-refractivity contribution >= 4 is 29.1 Å². The van der Waals surface area contributed by atoms with Crippen molar-refractivity contribution < 1.29 is 27.1 Å². The van der Waals surface area contributed by atoms with Gasteiger partial charge in [-0.3, -0.25) is 4.79 Å². The molecule has 3 rings (SSSR count). The summed E-state index contributed by atoms with van der Waals surface area (Å²) >= 11 is 2.87. The van der Waals surface area contributed by atoms with Gasteiger partial charge in [-0.05, 0) is 49.7 Å². The molecule has 0 aliphatic rings. The number of hydrogen-bond acceptors (Lipinski definition) is 5. The van der Waals surface area contributed by atoms with Crippen LogP contribution >= 0.6 is 23.1 Å². The molecule has 30 heavy (non-hydrogen) atoms. The Labute approximate surface area is 179 Å². The second kappa shape index (κ2) is 8.77. The number of ether oxygens (including phenoxy) is 1. The van der Waals surface area contributed by atoms with Gasteiger partial charge in [0.15, 0.2) is 0 Å². The van der Waals surface area contributed by atoms with E-state index in [-0.39, 0.29) is 5.97 Å². The van der Waals surface area contributed by atoms with Crippen molar-refractivity contribution in [2.24, 2.45) is 0 Å². The van der Waals surface area contributed by atoms with Gasteiger partial charge in [0, 0.05) is 28.0 Å². The Morgan fingerprint density at radius 1 is 1.17 bits per heavy atom. The van der Waals surface area contributed by atoms with Gasteiger partial charge in [-0.2, -0.15) is 13.2 Å². The van der Waals surface area contributed by atoms with Crippen molar-refractivity contribution in [3.63, 3.8) is 0 Å². The molecule has 158 valence electrons. The standard InChI is InChI=1S/C21H17F4NO2S2/c1-11-8-15(5-7-18(11)28-13(3)27)29-10-19-12(2)26-20(30-19)14-4-6-16(17(22)9-14)21(23,24)25/h4-9H,10H2,1-3H3. The SMILES string of the molecule is CC(=O)Oc1ccc(SCc2sc(-c3ccc(C(F)(F)F)c(F)c3)nc2C)cc1C. The fraction of sp³-hybridized carbons (Fsp3) is 0.238. The van der Waals surface area contributed by atoms with Crippen molar-refractivity contribution in [2.75, 3.05) is 0 Å². The lowest BCUT2D eigenvalue weighted by molar-refractivity contribution is -0.140. The number of hydrogen-bond donors (Lipinski definition) is 0. The minimum Gasteiger partial charge on any atom is -0.426 e. The topological polar surface area (TPSA) is 39.2 Å². The molecule has 0 aliphatic heterocycles. The number of thioether (sulfide) groups is 1. The van der Waals surface area contributed by atoms with E-state index in [0.717, 1.165) is 33.2 Å². The van der Waals surface area contributed by atoms with Gasteiger partial charge in [-0.25, -0.2) is 9.37 Å². The molecule has 0 unspecified atom stereocenters. The molecule has 2 aromatic carbocycles. The number of halogens is 4. The molecule has 0 atom stereocenters. The number of rotatable bonds is 5. The Kier molecular flexibility index (Phi) is 6.52. The van der Waals surface area contributed by atoms with Crippen LogP contribution in [0.3, 0.4) is 0 Å². The van der Waals surface area contributed by atoms with Crippen LogP contribution in [0.15, 0.2) is 41.3 Å². The zero-order valence-electron chi connectivity index (χ0n) is 16.3. The molecule has 0 spiro atoms. The van der Waals surface area contributed by atoms with Crippen molar-refractivity contribution in [1.82, 2.24) is 4.98 Å². The molecule has 9 heteroatoms. The van der Waals surface area contributed by atoms with Gasteiger partial charge in [0.2, 0.25) is 0 Å². The third-order valence-electron chi connectivity index (χ3n) is 4.18. The predicted octanol–water partition coefficient (Wildman–Crippen LogP) is 6.80. The number of carbonyl (C=O) groups is 1. The highest BCUT2D eigenvalue weighted by Crippen LogP contribution is 2.37. The van der Waals surface area contributed by atoms with Crippen LogP contribution in [0.4, 0.5) is 17.6 Å². The highest BCUT2D eigenvalue weighted by Gasteiger charge is 2.34. The Balaban J connectivity index is 1.75. The van der Waals surface area contributed by atoms with Crippen LogP contribution in [-0.2, 0) is 16.7 Å². The van der Waals surface area contributed by atoms with Crippen LogP contribution in [-0.4, -0.2) is 11.0 Å². The van der Waals surface area contributed by atoms with Gasteiger partial charge in [0.05, 0.1) is 11.3 Å². The van der Waals surface area contributed by atoms with E-state index in [0.29, 0.717) is 22.1 Å². The number of nitrogens with zero attached hydrogens (tertiary/aromatic N) is 1. The van der Waals surface area contributed by atoms with E-state index in [1.165, 1.54) is 24.3 Å². The molecule has 0 fully saturated rings. The number of esters is 1. The van der Waals surface area contributed by atoms with E-state index in [1.54, 1.807) is 17.8 Å². The highest BCUT2D eigenvalue weighted by molar-refractivity contribution is 7.98. The molecule has 0 bridgehead atoms. The summed E-state index contributed by atoms with van der Waals surface area (Å²) in [4.78, 5) is 17.4. The molecule has 0 radical (unpaired) electrons. The van der Waals surface area contributed by atoms with Gasteiger partial charge in [0.25, 0.3) is 0 Å². The quantitative estimate of drug-likeness (QED) is 0.184. The summed E-state index contributed by atoms with van der Waals surface area (Å²) in [5.41, 5.74) is 0.600. The molecule has 3 nitrogen and oxygen atoms in total. The fourth-order valence-electron chi connectivity index (χ4n) is 2.69. The molecule has 0 saturated heterocycles. The predicted molar refractivity (Wildman–Crippen MR) is 109 cm³/mol. The van der Waals surface area contributed by atoms with E-state index >= 15 is 0 Å². The first-order chi connectivity index (χ1) is 14.0. The average molecular weight is 455 g/mol. The molecular formula is C21H17F4NO2S2. The number of aryl methyl sites for hydroxylation is 2. The van der Waals surface area contributed by atoms with Crippen molar-refractivity contribution in [3.05, 3.63) is 63.9 Å². The molecule has 0 amide bonds. The summed E-state index contributed by atoms with van der Waals surface area (Å²) < 4.78 is 57.2. The number of thiazole rings is 1. The number of benzene rings is 2. The molecule has 1 aromatic heterocycles. The second-order valence-electron chi connectivity index (χ2n) is 6.53. The maximum Gasteiger partial charge on any atom is 0.419 e. The van der Waals surface area contributed by atoms with E-state index in [4.69, 9.17) is 4.74 Å². The maximum atomic E-state index is 13.9. The molecule has 3 aromatic rings. The summed E-state index contributed by atoms with van der Waals surface area (Å²) in [7, 11) is 0. The van der Waals surface area contributed by atoms with Gasteiger partial charge in [-0.15, -0.1) is 23.1 Å². The van der Waals surface area contributed by atoms with Crippen LogP contribution in [0.5, 0.6) is 5.75 Å². The minimum absolute atomic E-state index is 0.312. The van der Waals surface area contributed by atoms with Crippen molar-refractivity contribution in [1.29, 1.82) is 0 Å². The summed E-state index contributed by atoms with van der Waals surface area (Å²) in [5, 5.41) is 0.470. The highest BCUT2D eigenvalue weighted by atomic mass is 32.2. The summed E-state index contributed by atoms with van der Waals surface area (Å²) in [6.45, 7) is 5.00. The van der Waals surface area contributed by atoms with Crippen LogP contribution < -0.4 is 4.74 Å². The Morgan fingerprint density at radius 2 is 1.90 bits per heavy atom. The van der Waals surface area contributed by atoms with E-state index in [9.17, 15) is 22.4 Å². The number of aromatic nitrogens is 1. The lowest BCUT2D eigenvalue weighted by Gasteiger charge is -2.08. The van der Waals surface area contributed by atoms with Crippen LogP contribution in [0.2, 0.25) is 0 Å². The lowest BCUT2D eigenvalue weighted by atomic mass is 10.1. The third-order valence-corrected chi connectivity index (χ3v) is 6.59. The minimum atomic E-state index is -4.73. The van der Waals surface area contributed by atoms with Crippen molar-refractivity contribution in [3.8, 4) is 16.3 Å². The lowest BCUT2D eigenvalue weighted by Crippen LogP contribution is -2.07. The van der Waals surface area contributed by atoms with Gasteiger partial charge in [0.1, 0.15) is 16.6 Å². The molecular weight excluding hydrogens is 438 g/mol. The summed E-state index contributed by atoms with van der Waals surface area (Å²) in [5.74, 6) is -0.593. The maximum absolute atomic E-state index is 13.9. The van der Waals surface area contributed by atoms with E-state index < -0.39 is 17.6 Å². The second-order valence-corrected chi connectivity index (χ2v) is 8.66. The van der Waals surface area contributed by atoms with Gasteiger partial charge < -0.3 is 4.74 Å². The van der Waals surface area contributed by atoms with E-state index in [1.807, 2.05) is 26.0 Å². The molecule has 0 saturated carbocycles. The fourth-order valence-corrected chi connectivity index (χ4v) is 4.89. The Bertz CT molecular complexity index is 1090. The smallest absolute Gasteiger partial charge is 0.419 e. The van der Waals surface area contributed by atoms with Crippen LogP contribution in [0, 0.1) is 19.7 Å². The zero-order chi connectivity index (χ0) is 22.1. The van der Waals surface area contributed by atoms with Crippen molar-refractivity contribution in [2.45, 2.75) is 37.6 Å². The number of carbonyl (C=O) groups excluding carboxylic acids is 1.